The van der Waals surface area contributed by atoms with E-state index in [-0.39, 0.29) is 29.5 Å². The molecule has 0 radical (unpaired) electrons. The summed E-state index contributed by atoms with van der Waals surface area (Å²) in [6, 6.07) is 17.6. The van der Waals surface area contributed by atoms with Gasteiger partial charge in [-0.1, -0.05) is 54.1 Å². The van der Waals surface area contributed by atoms with Crippen LogP contribution in [0, 0.1) is 5.82 Å². The summed E-state index contributed by atoms with van der Waals surface area (Å²) in [5.74, 6) is -1.26. The zero-order chi connectivity index (χ0) is 19.4. The fourth-order valence-electron chi connectivity index (χ4n) is 2.82. The third kappa shape index (κ3) is 4.44. The molecule has 0 fully saturated rings. The Morgan fingerprint density at radius 2 is 1.74 bits per heavy atom. The molecule has 0 atom stereocenters. The average molecular weight is 385 g/mol. The summed E-state index contributed by atoms with van der Waals surface area (Å²) in [6.07, 6.45) is -0.205. The largest absolute Gasteiger partial charge is 0.336 e. The molecule has 3 aromatic carbocycles. The van der Waals surface area contributed by atoms with E-state index in [4.69, 9.17) is 11.6 Å². The molecule has 3 rings (SSSR count). The quantitative estimate of drug-likeness (QED) is 0.714. The first-order valence-electron chi connectivity index (χ1n) is 8.40. The molecule has 2 amide bonds. The molecule has 0 bridgehead atoms. The van der Waals surface area contributed by atoms with Gasteiger partial charge in [-0.15, -0.1) is 0 Å². The van der Waals surface area contributed by atoms with Gasteiger partial charge < -0.3 is 10.2 Å². The van der Waals surface area contributed by atoms with E-state index in [0.717, 1.165) is 10.8 Å². The summed E-state index contributed by atoms with van der Waals surface area (Å²) in [5, 5.41) is 4.94. The van der Waals surface area contributed by atoms with Gasteiger partial charge >= 0.3 is 0 Å². The molecule has 0 aliphatic carbocycles. The zero-order valence-electron chi connectivity index (χ0n) is 14.7. The second-order valence-electron chi connectivity index (χ2n) is 6.20. The minimum atomic E-state index is -0.538. The maximum atomic E-state index is 13.8. The van der Waals surface area contributed by atoms with Crippen LogP contribution in [0.5, 0.6) is 0 Å². The summed E-state index contributed by atoms with van der Waals surface area (Å²) in [4.78, 5) is 25.9. The molecule has 138 valence electrons. The van der Waals surface area contributed by atoms with E-state index in [2.05, 4.69) is 5.32 Å². The van der Waals surface area contributed by atoms with E-state index in [9.17, 15) is 14.0 Å². The highest BCUT2D eigenvalue weighted by Gasteiger charge is 2.17. The lowest BCUT2D eigenvalue weighted by atomic mass is 10.1. The van der Waals surface area contributed by atoms with Gasteiger partial charge in [0, 0.05) is 28.7 Å². The van der Waals surface area contributed by atoms with Crippen molar-refractivity contribution in [2.75, 3.05) is 18.9 Å². The Balaban J connectivity index is 1.66. The number of nitrogens with zero attached hydrogens (tertiary/aromatic N) is 1. The summed E-state index contributed by atoms with van der Waals surface area (Å²) >= 11 is 5.96. The van der Waals surface area contributed by atoms with Gasteiger partial charge in [0.15, 0.2) is 0 Å². The van der Waals surface area contributed by atoms with E-state index in [1.807, 2.05) is 36.4 Å². The molecule has 0 aliphatic rings. The van der Waals surface area contributed by atoms with Crippen molar-refractivity contribution in [3.8, 4) is 0 Å². The number of anilines is 1. The van der Waals surface area contributed by atoms with Crippen LogP contribution < -0.4 is 5.32 Å². The standard InChI is InChI=1S/C21H18ClFN2O2/c1-25(21(27)12-16-17(22)9-5-10-18(16)23)13-20(26)24-19-11-4-7-14-6-2-3-8-15(14)19/h2-11H,12-13H2,1H3,(H,24,26). The molecule has 27 heavy (non-hydrogen) atoms. The van der Waals surface area contributed by atoms with Crippen molar-refractivity contribution in [1.29, 1.82) is 0 Å². The fourth-order valence-corrected chi connectivity index (χ4v) is 3.04. The molecular weight excluding hydrogens is 367 g/mol. The lowest BCUT2D eigenvalue weighted by Gasteiger charge is -2.18. The van der Waals surface area contributed by atoms with Gasteiger partial charge in [0.05, 0.1) is 13.0 Å². The lowest BCUT2D eigenvalue weighted by Crippen LogP contribution is -2.36. The van der Waals surface area contributed by atoms with Crippen molar-refractivity contribution in [2.24, 2.45) is 0 Å². The van der Waals surface area contributed by atoms with Crippen molar-refractivity contribution >= 4 is 39.9 Å². The number of rotatable bonds is 5. The van der Waals surface area contributed by atoms with Crippen LogP contribution in [-0.4, -0.2) is 30.3 Å². The number of halogens is 2. The molecule has 0 aliphatic heterocycles. The molecule has 0 saturated heterocycles. The van der Waals surface area contributed by atoms with Crippen molar-refractivity contribution in [3.05, 3.63) is 77.1 Å². The number of benzene rings is 3. The smallest absolute Gasteiger partial charge is 0.244 e. The molecule has 0 saturated carbocycles. The first-order chi connectivity index (χ1) is 13.0. The third-order valence-corrected chi connectivity index (χ3v) is 4.61. The first kappa shape index (κ1) is 18.9. The third-order valence-electron chi connectivity index (χ3n) is 4.26. The SMILES string of the molecule is CN(CC(=O)Nc1cccc2ccccc12)C(=O)Cc1c(F)cccc1Cl. The number of hydrogen-bond acceptors (Lipinski definition) is 2. The second kappa shape index (κ2) is 8.18. The predicted octanol–water partition coefficient (Wildman–Crippen LogP) is 4.27. The van der Waals surface area contributed by atoms with Gasteiger partial charge in [-0.05, 0) is 23.6 Å². The zero-order valence-corrected chi connectivity index (χ0v) is 15.5. The molecule has 0 unspecified atom stereocenters. The molecular formula is C21H18ClFN2O2. The first-order valence-corrected chi connectivity index (χ1v) is 8.78. The highest BCUT2D eigenvalue weighted by atomic mass is 35.5. The Bertz CT molecular complexity index is 981. The molecule has 6 heteroatoms. The van der Waals surface area contributed by atoms with Crippen molar-refractivity contribution in [1.82, 2.24) is 4.90 Å². The summed E-state index contributed by atoms with van der Waals surface area (Å²) in [7, 11) is 1.50. The predicted molar refractivity (Wildman–Crippen MR) is 105 cm³/mol. The van der Waals surface area contributed by atoms with Crippen molar-refractivity contribution in [2.45, 2.75) is 6.42 Å². The number of carbonyl (C=O) groups excluding carboxylic acids is 2. The minimum Gasteiger partial charge on any atom is -0.336 e. The number of amides is 2. The summed E-state index contributed by atoms with van der Waals surface area (Å²) in [5.41, 5.74) is 0.807. The van der Waals surface area contributed by atoms with Gasteiger partial charge in [-0.2, -0.15) is 0 Å². The van der Waals surface area contributed by atoms with Crippen LogP contribution in [0.3, 0.4) is 0 Å². The van der Waals surface area contributed by atoms with E-state index in [1.54, 1.807) is 6.07 Å². The van der Waals surface area contributed by atoms with Crippen LogP contribution in [0.1, 0.15) is 5.56 Å². The van der Waals surface area contributed by atoms with Gasteiger partial charge in [0.25, 0.3) is 0 Å². The molecule has 4 nitrogen and oxygen atoms in total. The fraction of sp³-hybridized carbons (Fsp3) is 0.143. The second-order valence-corrected chi connectivity index (χ2v) is 6.61. The summed E-state index contributed by atoms with van der Waals surface area (Å²) in [6.45, 7) is -0.145. The monoisotopic (exact) mass is 384 g/mol. The van der Waals surface area contributed by atoms with E-state index in [1.165, 1.54) is 30.1 Å². The van der Waals surface area contributed by atoms with Crippen LogP contribution in [0.2, 0.25) is 5.02 Å². The number of hydrogen-bond donors (Lipinski definition) is 1. The highest BCUT2D eigenvalue weighted by molar-refractivity contribution is 6.31. The van der Waals surface area contributed by atoms with Gasteiger partial charge in [-0.25, -0.2) is 4.39 Å². The topological polar surface area (TPSA) is 49.4 Å². The normalized spacial score (nSPS) is 10.6. The van der Waals surface area contributed by atoms with Crippen molar-refractivity contribution < 1.29 is 14.0 Å². The van der Waals surface area contributed by atoms with Crippen LogP contribution in [-0.2, 0) is 16.0 Å². The molecule has 1 N–H and O–H groups in total. The van der Waals surface area contributed by atoms with E-state index >= 15 is 0 Å². The van der Waals surface area contributed by atoms with Gasteiger partial charge in [0.1, 0.15) is 5.82 Å². The Morgan fingerprint density at radius 1 is 1.04 bits per heavy atom. The van der Waals surface area contributed by atoms with Crippen LogP contribution in [0.15, 0.2) is 60.7 Å². The number of carbonyl (C=O) groups is 2. The van der Waals surface area contributed by atoms with E-state index in [0.29, 0.717) is 5.69 Å². The number of fused-ring (bicyclic) bond motifs is 1. The van der Waals surface area contributed by atoms with Crippen LogP contribution >= 0.6 is 11.6 Å². The van der Waals surface area contributed by atoms with Gasteiger partial charge in [0.2, 0.25) is 11.8 Å². The Hall–Kier alpha value is -2.92. The van der Waals surface area contributed by atoms with E-state index < -0.39 is 11.7 Å². The Labute approximate surface area is 161 Å². The minimum absolute atomic E-state index is 0.130. The molecule has 0 aromatic heterocycles. The maximum Gasteiger partial charge on any atom is 0.244 e. The Morgan fingerprint density at radius 3 is 2.52 bits per heavy atom. The molecule has 0 spiro atoms. The molecule has 0 heterocycles. The van der Waals surface area contributed by atoms with Gasteiger partial charge in [-0.3, -0.25) is 9.59 Å². The number of nitrogens with one attached hydrogen (secondary N) is 1. The highest BCUT2D eigenvalue weighted by Crippen LogP contribution is 2.23. The lowest BCUT2D eigenvalue weighted by molar-refractivity contribution is -0.132. The number of likely N-dealkylation sites (N-methyl/N-ethyl adjacent to an activating group) is 1. The maximum absolute atomic E-state index is 13.8. The Kier molecular flexibility index (Phi) is 5.72. The molecule has 3 aromatic rings. The summed E-state index contributed by atoms with van der Waals surface area (Å²) < 4.78 is 13.8. The average Bonchev–Trinajstić information content (AvgIpc) is 2.65. The van der Waals surface area contributed by atoms with Crippen LogP contribution in [0.25, 0.3) is 10.8 Å². The van der Waals surface area contributed by atoms with Crippen LogP contribution in [0.4, 0.5) is 10.1 Å². The van der Waals surface area contributed by atoms with Crippen molar-refractivity contribution in [3.63, 3.8) is 0 Å².